The molecule has 0 aromatic heterocycles. The molecular formula is C15H13N3O4. The number of phenols is 1. The Kier molecular flexibility index (Phi) is 4.47. The molecular weight excluding hydrogens is 286 g/mol. The first-order valence-electron chi connectivity index (χ1n) is 6.35. The van der Waals surface area contributed by atoms with Crippen LogP contribution in [-0.4, -0.2) is 22.2 Å². The summed E-state index contributed by atoms with van der Waals surface area (Å²) in [4.78, 5) is 22.2. The van der Waals surface area contributed by atoms with E-state index in [9.17, 15) is 20.0 Å². The monoisotopic (exact) mass is 299 g/mol. The number of amides is 1. The van der Waals surface area contributed by atoms with E-state index in [0.717, 1.165) is 0 Å². The standard InChI is InChI=1S/C15H13N3O4/c1-10-6-7-11(8-13(10)18(21)22)15(20)17-16-9-12-4-2-3-5-14(12)19/h2-9,19H,1H3,(H,17,20)/b16-9+. The van der Waals surface area contributed by atoms with E-state index < -0.39 is 10.8 Å². The minimum Gasteiger partial charge on any atom is -0.507 e. The summed E-state index contributed by atoms with van der Waals surface area (Å²) in [5.74, 6) is -0.541. The molecule has 0 saturated heterocycles. The molecule has 2 rings (SSSR count). The van der Waals surface area contributed by atoms with Gasteiger partial charge in [0.2, 0.25) is 0 Å². The molecule has 0 aliphatic rings. The summed E-state index contributed by atoms with van der Waals surface area (Å²) < 4.78 is 0. The van der Waals surface area contributed by atoms with Gasteiger partial charge in [0.25, 0.3) is 11.6 Å². The highest BCUT2D eigenvalue weighted by Crippen LogP contribution is 2.19. The number of aryl methyl sites for hydroxylation is 1. The molecule has 22 heavy (non-hydrogen) atoms. The number of nitro groups is 1. The second kappa shape index (κ2) is 6.49. The fourth-order valence-corrected chi connectivity index (χ4v) is 1.77. The van der Waals surface area contributed by atoms with Crippen molar-refractivity contribution < 1.29 is 14.8 Å². The van der Waals surface area contributed by atoms with Gasteiger partial charge in [0.1, 0.15) is 5.75 Å². The van der Waals surface area contributed by atoms with Crippen molar-refractivity contribution in [2.45, 2.75) is 6.92 Å². The Balaban J connectivity index is 2.12. The van der Waals surface area contributed by atoms with Gasteiger partial charge in [-0.05, 0) is 25.1 Å². The van der Waals surface area contributed by atoms with Crippen LogP contribution in [0.3, 0.4) is 0 Å². The van der Waals surface area contributed by atoms with E-state index in [1.165, 1.54) is 30.5 Å². The van der Waals surface area contributed by atoms with Gasteiger partial charge in [-0.25, -0.2) is 5.43 Å². The molecule has 0 spiro atoms. The minimum atomic E-state index is -0.574. The highest BCUT2D eigenvalue weighted by atomic mass is 16.6. The second-order valence-corrected chi connectivity index (χ2v) is 4.52. The quantitative estimate of drug-likeness (QED) is 0.513. The van der Waals surface area contributed by atoms with E-state index in [4.69, 9.17) is 0 Å². The molecule has 112 valence electrons. The first kappa shape index (κ1) is 15.2. The molecule has 7 nitrogen and oxygen atoms in total. The van der Waals surface area contributed by atoms with Crippen molar-refractivity contribution >= 4 is 17.8 Å². The molecule has 0 bridgehead atoms. The van der Waals surface area contributed by atoms with Crippen LogP contribution in [0.2, 0.25) is 0 Å². The maximum absolute atomic E-state index is 11.9. The van der Waals surface area contributed by atoms with Crippen LogP contribution in [-0.2, 0) is 0 Å². The number of nitrogens with zero attached hydrogens (tertiary/aromatic N) is 2. The van der Waals surface area contributed by atoms with Crippen LogP contribution in [0.15, 0.2) is 47.6 Å². The lowest BCUT2D eigenvalue weighted by molar-refractivity contribution is -0.385. The van der Waals surface area contributed by atoms with Crippen molar-refractivity contribution in [2.75, 3.05) is 0 Å². The Bertz CT molecular complexity index is 756. The average Bonchev–Trinajstić information content (AvgIpc) is 2.49. The van der Waals surface area contributed by atoms with Crippen molar-refractivity contribution in [3.8, 4) is 5.75 Å². The molecule has 1 amide bonds. The van der Waals surface area contributed by atoms with Crippen LogP contribution in [0.25, 0.3) is 0 Å². The molecule has 0 heterocycles. The van der Waals surface area contributed by atoms with Gasteiger partial charge in [0, 0.05) is 22.8 Å². The number of hydrogen-bond acceptors (Lipinski definition) is 5. The van der Waals surface area contributed by atoms with Crippen molar-refractivity contribution in [3.05, 3.63) is 69.3 Å². The summed E-state index contributed by atoms with van der Waals surface area (Å²) in [5.41, 5.74) is 3.17. The number of hydrogen-bond donors (Lipinski definition) is 2. The zero-order valence-corrected chi connectivity index (χ0v) is 11.7. The first-order chi connectivity index (χ1) is 10.5. The number of hydrazone groups is 1. The lowest BCUT2D eigenvalue weighted by Crippen LogP contribution is -2.17. The number of carbonyl (C=O) groups excluding carboxylic acids is 1. The van der Waals surface area contributed by atoms with Crippen LogP contribution in [0.5, 0.6) is 5.75 Å². The van der Waals surface area contributed by atoms with E-state index in [0.29, 0.717) is 11.1 Å². The second-order valence-electron chi connectivity index (χ2n) is 4.52. The van der Waals surface area contributed by atoms with Crippen molar-refractivity contribution in [1.29, 1.82) is 0 Å². The number of rotatable bonds is 4. The summed E-state index contributed by atoms with van der Waals surface area (Å²) in [7, 11) is 0. The molecule has 7 heteroatoms. The normalized spacial score (nSPS) is 10.6. The largest absolute Gasteiger partial charge is 0.507 e. The number of para-hydroxylation sites is 1. The van der Waals surface area contributed by atoms with Gasteiger partial charge in [-0.1, -0.05) is 18.2 Å². The van der Waals surface area contributed by atoms with E-state index in [1.54, 1.807) is 25.1 Å². The predicted octanol–water partition coefficient (Wildman–Crippen LogP) is 2.37. The molecule has 0 radical (unpaired) electrons. The molecule has 2 aromatic rings. The molecule has 0 fully saturated rings. The summed E-state index contributed by atoms with van der Waals surface area (Å²) in [6.07, 6.45) is 1.29. The topological polar surface area (TPSA) is 105 Å². The zero-order chi connectivity index (χ0) is 16.1. The first-order valence-corrected chi connectivity index (χ1v) is 6.35. The van der Waals surface area contributed by atoms with Crippen LogP contribution in [0.4, 0.5) is 5.69 Å². The highest BCUT2D eigenvalue weighted by Gasteiger charge is 2.14. The Morgan fingerprint density at radius 2 is 2.05 bits per heavy atom. The summed E-state index contributed by atoms with van der Waals surface area (Å²) in [6.45, 7) is 1.59. The predicted molar refractivity (Wildman–Crippen MR) is 81.0 cm³/mol. The smallest absolute Gasteiger partial charge is 0.273 e. The summed E-state index contributed by atoms with van der Waals surface area (Å²) in [6, 6.07) is 10.7. The number of benzene rings is 2. The number of nitrogens with one attached hydrogen (secondary N) is 1. The Labute approximate surface area is 126 Å². The minimum absolute atomic E-state index is 0.0338. The van der Waals surface area contributed by atoms with E-state index in [-0.39, 0.29) is 17.0 Å². The Morgan fingerprint density at radius 3 is 2.73 bits per heavy atom. The Hall–Kier alpha value is -3.22. The lowest BCUT2D eigenvalue weighted by atomic mass is 10.1. The highest BCUT2D eigenvalue weighted by molar-refractivity contribution is 5.95. The van der Waals surface area contributed by atoms with E-state index in [2.05, 4.69) is 10.5 Å². The third-order valence-electron chi connectivity index (χ3n) is 2.97. The van der Waals surface area contributed by atoms with Crippen LogP contribution >= 0.6 is 0 Å². The van der Waals surface area contributed by atoms with Crippen molar-refractivity contribution in [2.24, 2.45) is 5.10 Å². The maximum Gasteiger partial charge on any atom is 0.273 e. The number of nitro benzene ring substituents is 1. The van der Waals surface area contributed by atoms with Gasteiger partial charge in [-0.2, -0.15) is 5.10 Å². The summed E-state index contributed by atoms with van der Waals surface area (Å²) >= 11 is 0. The van der Waals surface area contributed by atoms with E-state index >= 15 is 0 Å². The van der Waals surface area contributed by atoms with Crippen molar-refractivity contribution in [1.82, 2.24) is 5.43 Å². The van der Waals surface area contributed by atoms with Gasteiger partial charge in [0.15, 0.2) is 0 Å². The Morgan fingerprint density at radius 1 is 1.32 bits per heavy atom. The lowest BCUT2D eigenvalue weighted by Gasteiger charge is -2.02. The number of aromatic hydroxyl groups is 1. The van der Waals surface area contributed by atoms with E-state index in [1.807, 2.05) is 0 Å². The fourth-order valence-electron chi connectivity index (χ4n) is 1.77. The van der Waals surface area contributed by atoms with Crippen LogP contribution < -0.4 is 5.43 Å². The molecule has 0 unspecified atom stereocenters. The molecule has 0 aliphatic heterocycles. The third kappa shape index (κ3) is 3.45. The van der Waals surface area contributed by atoms with Gasteiger partial charge < -0.3 is 5.11 Å². The molecule has 2 N–H and O–H groups in total. The molecule has 0 atom stereocenters. The maximum atomic E-state index is 11.9. The van der Waals surface area contributed by atoms with Gasteiger partial charge in [-0.3, -0.25) is 14.9 Å². The number of carbonyl (C=O) groups is 1. The number of phenolic OH excluding ortho intramolecular Hbond substituents is 1. The average molecular weight is 299 g/mol. The van der Waals surface area contributed by atoms with Gasteiger partial charge >= 0.3 is 0 Å². The SMILES string of the molecule is Cc1ccc(C(=O)N/N=C/c2ccccc2O)cc1[N+](=O)[O-]. The van der Waals surface area contributed by atoms with Crippen LogP contribution in [0, 0.1) is 17.0 Å². The fraction of sp³-hybridized carbons (Fsp3) is 0.0667. The van der Waals surface area contributed by atoms with Crippen LogP contribution in [0.1, 0.15) is 21.5 Å². The zero-order valence-electron chi connectivity index (χ0n) is 11.7. The molecule has 2 aromatic carbocycles. The molecule has 0 aliphatic carbocycles. The molecule has 0 saturated carbocycles. The van der Waals surface area contributed by atoms with Gasteiger partial charge in [0.05, 0.1) is 11.1 Å². The van der Waals surface area contributed by atoms with Gasteiger partial charge in [-0.15, -0.1) is 0 Å². The third-order valence-corrected chi connectivity index (χ3v) is 2.97. The summed E-state index contributed by atoms with van der Waals surface area (Å²) in [5, 5.41) is 24.1. The van der Waals surface area contributed by atoms with Crippen molar-refractivity contribution in [3.63, 3.8) is 0 Å².